The number of amides is 3. The second-order valence-electron chi connectivity index (χ2n) is 7.13. The van der Waals surface area contributed by atoms with Gasteiger partial charge in [0.25, 0.3) is 0 Å². The Kier molecular flexibility index (Phi) is 5.95. The molecule has 3 rings (SSSR count). The first-order chi connectivity index (χ1) is 13.3. The maximum absolute atomic E-state index is 13.0. The molecule has 1 aromatic carbocycles. The molecule has 0 unspecified atom stereocenters. The largest absolute Gasteiger partial charge is 0.494 e. The number of likely N-dealkylation sites (N-methyl/N-ethyl adjacent to an activating group) is 1. The van der Waals surface area contributed by atoms with Crippen molar-refractivity contribution in [1.29, 1.82) is 0 Å². The van der Waals surface area contributed by atoms with Crippen LogP contribution in [0.5, 0.6) is 5.75 Å². The van der Waals surface area contributed by atoms with E-state index < -0.39 is 0 Å². The van der Waals surface area contributed by atoms with Crippen LogP contribution >= 0.6 is 11.3 Å². The number of aromatic nitrogens is 1. The Hall–Kier alpha value is -2.52. The van der Waals surface area contributed by atoms with Crippen molar-refractivity contribution in [2.45, 2.75) is 19.8 Å². The molecule has 0 spiro atoms. The molecule has 150 valence electrons. The summed E-state index contributed by atoms with van der Waals surface area (Å²) in [4.78, 5) is 45.3. The van der Waals surface area contributed by atoms with Crippen molar-refractivity contribution in [2.24, 2.45) is 0 Å². The summed E-state index contributed by atoms with van der Waals surface area (Å²) in [7, 11) is 5.59. The predicted octanol–water partition coefficient (Wildman–Crippen LogP) is 0.240. The van der Waals surface area contributed by atoms with Gasteiger partial charge in [-0.3, -0.25) is 24.2 Å². The van der Waals surface area contributed by atoms with Crippen LogP contribution in [0.4, 0.5) is 5.13 Å². The molecular formula is C19H25N4O4S+. The Bertz CT molecular complexity index is 908. The van der Waals surface area contributed by atoms with Gasteiger partial charge < -0.3 is 9.64 Å². The highest BCUT2D eigenvalue weighted by molar-refractivity contribution is 7.22. The van der Waals surface area contributed by atoms with Crippen molar-refractivity contribution in [3.8, 4) is 5.75 Å². The second-order valence-corrected chi connectivity index (χ2v) is 8.11. The van der Waals surface area contributed by atoms with E-state index in [2.05, 4.69) is 4.98 Å². The van der Waals surface area contributed by atoms with Crippen LogP contribution in [0.3, 0.4) is 0 Å². The Labute approximate surface area is 167 Å². The summed E-state index contributed by atoms with van der Waals surface area (Å²) in [5.74, 6) is -0.240. The molecule has 0 radical (unpaired) electrons. The number of aryl methyl sites for hydroxylation is 1. The van der Waals surface area contributed by atoms with Gasteiger partial charge in [-0.25, -0.2) is 4.98 Å². The van der Waals surface area contributed by atoms with Crippen LogP contribution in [0.1, 0.15) is 18.4 Å². The fraction of sp³-hybridized carbons (Fsp3) is 0.474. The maximum Gasteiger partial charge on any atom is 0.249 e. The van der Waals surface area contributed by atoms with Crippen molar-refractivity contribution in [3.05, 3.63) is 17.7 Å². The molecule has 0 bridgehead atoms. The van der Waals surface area contributed by atoms with Crippen molar-refractivity contribution in [2.75, 3.05) is 45.7 Å². The van der Waals surface area contributed by atoms with E-state index in [4.69, 9.17) is 4.74 Å². The average Bonchev–Trinajstić information content (AvgIpc) is 3.22. The number of hydrogen-bond donors (Lipinski definition) is 1. The molecule has 0 aliphatic carbocycles. The third-order valence-electron chi connectivity index (χ3n) is 4.73. The van der Waals surface area contributed by atoms with Gasteiger partial charge in [-0.1, -0.05) is 17.4 Å². The zero-order valence-electron chi connectivity index (χ0n) is 16.6. The first-order valence-electron chi connectivity index (χ1n) is 9.18. The van der Waals surface area contributed by atoms with E-state index in [1.807, 2.05) is 33.2 Å². The molecule has 2 aromatic rings. The van der Waals surface area contributed by atoms with E-state index in [0.29, 0.717) is 29.5 Å². The summed E-state index contributed by atoms with van der Waals surface area (Å²) in [6.45, 7) is 2.89. The molecule has 1 aliphatic heterocycles. The lowest BCUT2D eigenvalue weighted by atomic mass is 10.2. The number of quaternary nitrogens is 1. The topological polar surface area (TPSA) is 84.3 Å². The number of imide groups is 1. The number of anilines is 1. The normalized spacial score (nSPS) is 14.4. The molecule has 0 atom stereocenters. The molecule has 1 N–H and O–H groups in total. The Morgan fingerprint density at radius 2 is 1.96 bits per heavy atom. The monoisotopic (exact) mass is 405 g/mol. The molecule has 8 nitrogen and oxygen atoms in total. The zero-order valence-corrected chi connectivity index (χ0v) is 17.4. The van der Waals surface area contributed by atoms with Crippen molar-refractivity contribution in [1.82, 2.24) is 9.88 Å². The molecule has 9 heteroatoms. The molecule has 1 saturated heterocycles. The van der Waals surface area contributed by atoms with E-state index in [0.717, 1.165) is 15.2 Å². The number of benzene rings is 1. The highest BCUT2D eigenvalue weighted by atomic mass is 32.1. The number of rotatable bonds is 7. The second kappa shape index (κ2) is 8.24. The molecule has 0 saturated carbocycles. The van der Waals surface area contributed by atoms with Gasteiger partial charge in [-0.2, -0.15) is 0 Å². The SMILES string of the molecule is COc1ccc(C)c2sc(N(CC[NH+](C)C)C(=O)CN3C(=O)CCC3=O)nc12. The number of nitrogens with one attached hydrogen (secondary N) is 1. The minimum atomic E-state index is -0.305. The van der Waals surface area contributed by atoms with E-state index >= 15 is 0 Å². The summed E-state index contributed by atoms with van der Waals surface area (Å²) in [5, 5.41) is 0.549. The average molecular weight is 406 g/mol. The number of ether oxygens (including phenoxy) is 1. The summed E-state index contributed by atoms with van der Waals surface area (Å²) in [5.41, 5.74) is 1.76. The minimum absolute atomic E-state index is 0.172. The number of fused-ring (bicyclic) bond motifs is 1. The van der Waals surface area contributed by atoms with Crippen LogP contribution in [-0.4, -0.2) is 68.4 Å². The summed E-state index contributed by atoms with van der Waals surface area (Å²) in [6.07, 6.45) is 0.344. The third-order valence-corrected chi connectivity index (χ3v) is 5.94. The Morgan fingerprint density at radius 3 is 2.57 bits per heavy atom. The number of carbonyl (C=O) groups excluding carboxylic acids is 3. The summed E-state index contributed by atoms with van der Waals surface area (Å²) in [6, 6.07) is 3.82. The zero-order chi connectivity index (χ0) is 20.4. The molecule has 3 amide bonds. The molecule has 1 fully saturated rings. The van der Waals surface area contributed by atoms with Gasteiger partial charge in [-0.05, 0) is 18.6 Å². The number of likely N-dealkylation sites (tertiary alicyclic amines) is 1. The lowest BCUT2D eigenvalue weighted by molar-refractivity contribution is -0.856. The summed E-state index contributed by atoms with van der Waals surface area (Å²) >= 11 is 1.42. The first kappa shape index (κ1) is 20.2. The van der Waals surface area contributed by atoms with Gasteiger partial charge in [0.1, 0.15) is 17.8 Å². The van der Waals surface area contributed by atoms with Crippen LogP contribution in [0, 0.1) is 6.92 Å². The lowest BCUT2D eigenvalue weighted by Gasteiger charge is -2.23. The van der Waals surface area contributed by atoms with Crippen LogP contribution < -0.4 is 14.5 Å². The molecule has 1 aromatic heterocycles. The van der Waals surface area contributed by atoms with Crippen molar-refractivity contribution in [3.63, 3.8) is 0 Å². The van der Waals surface area contributed by atoms with E-state index in [9.17, 15) is 14.4 Å². The highest BCUT2D eigenvalue weighted by Crippen LogP contribution is 2.36. The fourth-order valence-electron chi connectivity index (χ4n) is 3.06. The van der Waals surface area contributed by atoms with Gasteiger partial charge in [-0.15, -0.1) is 0 Å². The summed E-state index contributed by atoms with van der Waals surface area (Å²) < 4.78 is 6.37. The lowest BCUT2D eigenvalue weighted by Crippen LogP contribution is -3.06. The first-order valence-corrected chi connectivity index (χ1v) is 10.00. The molecule has 1 aliphatic rings. The van der Waals surface area contributed by atoms with Crippen LogP contribution in [0.25, 0.3) is 10.2 Å². The number of thiazole rings is 1. The quantitative estimate of drug-likeness (QED) is 0.667. The molecular weight excluding hydrogens is 380 g/mol. The molecule has 2 heterocycles. The van der Waals surface area contributed by atoms with Crippen LogP contribution in [0.2, 0.25) is 0 Å². The Morgan fingerprint density at radius 1 is 1.29 bits per heavy atom. The van der Waals surface area contributed by atoms with Gasteiger partial charge in [0.05, 0.1) is 39.0 Å². The predicted molar refractivity (Wildman–Crippen MR) is 107 cm³/mol. The van der Waals surface area contributed by atoms with Crippen LogP contribution in [0.15, 0.2) is 12.1 Å². The van der Waals surface area contributed by atoms with E-state index in [-0.39, 0.29) is 37.1 Å². The highest BCUT2D eigenvalue weighted by Gasteiger charge is 2.33. The van der Waals surface area contributed by atoms with Gasteiger partial charge in [0.2, 0.25) is 17.7 Å². The number of carbonyl (C=O) groups is 3. The number of hydrogen-bond acceptors (Lipinski definition) is 6. The minimum Gasteiger partial charge on any atom is -0.494 e. The van der Waals surface area contributed by atoms with E-state index in [1.54, 1.807) is 12.0 Å². The van der Waals surface area contributed by atoms with Gasteiger partial charge in [0, 0.05) is 12.8 Å². The smallest absolute Gasteiger partial charge is 0.249 e. The van der Waals surface area contributed by atoms with Crippen LogP contribution in [-0.2, 0) is 14.4 Å². The van der Waals surface area contributed by atoms with Crippen molar-refractivity contribution >= 4 is 44.4 Å². The number of methoxy groups -OCH3 is 1. The molecule has 28 heavy (non-hydrogen) atoms. The number of nitrogens with zero attached hydrogens (tertiary/aromatic N) is 3. The van der Waals surface area contributed by atoms with Crippen molar-refractivity contribution < 1.29 is 24.0 Å². The van der Waals surface area contributed by atoms with Gasteiger partial charge in [0.15, 0.2) is 5.13 Å². The van der Waals surface area contributed by atoms with Gasteiger partial charge >= 0.3 is 0 Å². The van der Waals surface area contributed by atoms with E-state index in [1.165, 1.54) is 16.2 Å². The standard InChI is InChI=1S/C19H24N4O4S/c1-12-5-6-13(27-4)17-18(12)28-19(20-17)22(10-9-21(2)3)16(26)11-23-14(24)7-8-15(23)25/h5-6H,7-11H2,1-4H3/p+1. The fourth-order valence-corrected chi connectivity index (χ4v) is 4.16. The third kappa shape index (κ3) is 4.00. The Balaban J connectivity index is 1.94. The maximum atomic E-state index is 13.0.